The average Bonchev–Trinajstić information content (AvgIpc) is 2.24. The molecule has 1 aromatic heterocycles. The molecular weight excluding hydrogens is 224 g/mol. The van der Waals surface area contributed by atoms with Crippen LogP contribution in [0.1, 0.15) is 13.8 Å². The number of rotatable bonds is 5. The molecule has 7 heteroatoms. The molecule has 0 amide bonds. The van der Waals surface area contributed by atoms with Crippen LogP contribution >= 0.6 is 0 Å². The zero-order valence-corrected chi connectivity index (χ0v) is 10.2. The van der Waals surface area contributed by atoms with Gasteiger partial charge in [-0.2, -0.15) is 0 Å². The highest BCUT2D eigenvalue weighted by Crippen LogP contribution is 2.07. The standard InChI is InChI=1S/C10H18N4O3/c1-6(2)17-5-4-12-7-8(11)14(3)10(16)13-9(7)15/h6,12H,4-5,11H2,1-3H3,(H,13,15,16). The maximum Gasteiger partial charge on any atom is 0.329 e. The Morgan fingerprint density at radius 1 is 1.47 bits per heavy atom. The Hall–Kier alpha value is -1.76. The second-order valence-corrected chi connectivity index (χ2v) is 3.92. The van der Waals surface area contributed by atoms with E-state index < -0.39 is 11.2 Å². The number of nitrogen functional groups attached to an aromatic ring is 1. The second kappa shape index (κ2) is 5.53. The fraction of sp³-hybridized carbons (Fsp3) is 0.600. The summed E-state index contributed by atoms with van der Waals surface area (Å²) in [6, 6.07) is 0. The third-order valence-corrected chi connectivity index (χ3v) is 2.22. The molecule has 0 spiro atoms. The maximum atomic E-state index is 11.5. The molecule has 0 atom stereocenters. The van der Waals surface area contributed by atoms with E-state index in [-0.39, 0.29) is 17.6 Å². The van der Waals surface area contributed by atoms with E-state index in [1.54, 1.807) is 0 Å². The third-order valence-electron chi connectivity index (χ3n) is 2.22. The van der Waals surface area contributed by atoms with E-state index in [1.165, 1.54) is 11.6 Å². The Morgan fingerprint density at radius 3 is 2.71 bits per heavy atom. The monoisotopic (exact) mass is 242 g/mol. The number of nitrogens with one attached hydrogen (secondary N) is 2. The highest BCUT2D eigenvalue weighted by atomic mass is 16.5. The normalized spacial score (nSPS) is 10.8. The number of H-pyrrole nitrogens is 1. The van der Waals surface area contributed by atoms with Gasteiger partial charge in [-0.3, -0.25) is 14.3 Å². The number of nitrogens with zero attached hydrogens (tertiary/aromatic N) is 1. The predicted octanol–water partition coefficient (Wildman–Crippen LogP) is -0.507. The van der Waals surface area contributed by atoms with Gasteiger partial charge in [-0.25, -0.2) is 4.79 Å². The van der Waals surface area contributed by atoms with Crippen LogP contribution < -0.4 is 22.3 Å². The summed E-state index contributed by atoms with van der Waals surface area (Å²) < 4.78 is 6.49. The number of nitrogens with two attached hydrogens (primary N) is 1. The molecule has 0 unspecified atom stereocenters. The largest absolute Gasteiger partial charge is 0.383 e. The molecule has 0 aliphatic heterocycles. The minimum atomic E-state index is -0.531. The Balaban J connectivity index is 2.75. The molecule has 96 valence electrons. The zero-order valence-electron chi connectivity index (χ0n) is 10.2. The van der Waals surface area contributed by atoms with Gasteiger partial charge in [0.2, 0.25) is 0 Å². The number of hydrogen-bond donors (Lipinski definition) is 3. The highest BCUT2D eigenvalue weighted by molar-refractivity contribution is 5.60. The smallest absolute Gasteiger partial charge is 0.329 e. The topological polar surface area (TPSA) is 102 Å². The van der Waals surface area contributed by atoms with Gasteiger partial charge in [-0.15, -0.1) is 0 Å². The van der Waals surface area contributed by atoms with Crippen molar-refractivity contribution in [2.75, 3.05) is 24.2 Å². The molecule has 17 heavy (non-hydrogen) atoms. The van der Waals surface area contributed by atoms with Gasteiger partial charge in [0.05, 0.1) is 12.7 Å². The van der Waals surface area contributed by atoms with E-state index in [2.05, 4.69) is 10.3 Å². The van der Waals surface area contributed by atoms with Crippen molar-refractivity contribution in [3.05, 3.63) is 20.8 Å². The number of aromatic amines is 1. The number of aromatic nitrogens is 2. The van der Waals surface area contributed by atoms with Crippen LogP contribution in [0, 0.1) is 0 Å². The summed E-state index contributed by atoms with van der Waals surface area (Å²) in [5, 5.41) is 2.85. The quantitative estimate of drug-likeness (QED) is 0.604. The van der Waals surface area contributed by atoms with E-state index in [0.29, 0.717) is 13.2 Å². The van der Waals surface area contributed by atoms with Crippen LogP contribution in [0.5, 0.6) is 0 Å². The van der Waals surface area contributed by atoms with Crippen LogP contribution in [0.3, 0.4) is 0 Å². The van der Waals surface area contributed by atoms with Gasteiger partial charge < -0.3 is 15.8 Å². The Bertz CT molecular complexity index is 489. The molecule has 4 N–H and O–H groups in total. The van der Waals surface area contributed by atoms with Crippen molar-refractivity contribution in [1.29, 1.82) is 0 Å². The van der Waals surface area contributed by atoms with E-state index in [4.69, 9.17) is 10.5 Å². The minimum absolute atomic E-state index is 0.114. The number of anilines is 2. The molecule has 0 radical (unpaired) electrons. The van der Waals surface area contributed by atoms with Gasteiger partial charge in [0.15, 0.2) is 0 Å². The molecule has 0 saturated carbocycles. The van der Waals surface area contributed by atoms with Crippen LogP contribution in [0.4, 0.5) is 11.5 Å². The molecule has 1 heterocycles. The molecule has 0 saturated heterocycles. The van der Waals surface area contributed by atoms with E-state index in [9.17, 15) is 9.59 Å². The molecule has 1 rings (SSSR count). The maximum absolute atomic E-state index is 11.5. The summed E-state index contributed by atoms with van der Waals surface area (Å²) >= 11 is 0. The van der Waals surface area contributed by atoms with Crippen molar-refractivity contribution < 1.29 is 4.74 Å². The molecular formula is C10H18N4O3. The van der Waals surface area contributed by atoms with Gasteiger partial charge in [0.1, 0.15) is 11.5 Å². The average molecular weight is 242 g/mol. The lowest BCUT2D eigenvalue weighted by Gasteiger charge is -2.11. The SMILES string of the molecule is CC(C)OCCNc1c(N)n(C)c(=O)[nH]c1=O. The first-order valence-electron chi connectivity index (χ1n) is 5.37. The second-order valence-electron chi connectivity index (χ2n) is 3.92. The molecule has 0 aliphatic rings. The summed E-state index contributed by atoms with van der Waals surface area (Å²) in [6.07, 6.45) is 0.132. The van der Waals surface area contributed by atoms with Gasteiger partial charge in [-0.1, -0.05) is 0 Å². The molecule has 1 aromatic rings. The highest BCUT2D eigenvalue weighted by Gasteiger charge is 2.08. The van der Waals surface area contributed by atoms with E-state index >= 15 is 0 Å². The first-order valence-corrected chi connectivity index (χ1v) is 5.37. The summed E-state index contributed by atoms with van der Waals surface area (Å²) in [6.45, 7) is 4.75. The van der Waals surface area contributed by atoms with E-state index in [0.717, 1.165) is 0 Å². The molecule has 0 aliphatic carbocycles. The van der Waals surface area contributed by atoms with E-state index in [1.807, 2.05) is 13.8 Å². The van der Waals surface area contributed by atoms with Gasteiger partial charge in [-0.05, 0) is 13.8 Å². The fourth-order valence-corrected chi connectivity index (χ4v) is 1.28. The summed E-state index contributed by atoms with van der Waals surface area (Å²) in [5.74, 6) is 0.114. The third kappa shape index (κ3) is 3.35. The van der Waals surface area contributed by atoms with Crippen molar-refractivity contribution in [3.63, 3.8) is 0 Å². The first kappa shape index (κ1) is 13.3. The van der Waals surface area contributed by atoms with Gasteiger partial charge in [0.25, 0.3) is 5.56 Å². The minimum Gasteiger partial charge on any atom is -0.383 e. The van der Waals surface area contributed by atoms with Gasteiger partial charge >= 0.3 is 5.69 Å². The molecule has 7 nitrogen and oxygen atoms in total. The fourth-order valence-electron chi connectivity index (χ4n) is 1.28. The van der Waals surface area contributed by atoms with Crippen molar-refractivity contribution >= 4 is 11.5 Å². The molecule has 0 fully saturated rings. The van der Waals surface area contributed by atoms with Crippen molar-refractivity contribution in [2.24, 2.45) is 7.05 Å². The van der Waals surface area contributed by atoms with Crippen molar-refractivity contribution in [2.45, 2.75) is 20.0 Å². The number of hydrogen-bond acceptors (Lipinski definition) is 5. The Morgan fingerprint density at radius 2 is 2.12 bits per heavy atom. The van der Waals surface area contributed by atoms with Crippen LogP contribution in [0.25, 0.3) is 0 Å². The van der Waals surface area contributed by atoms with Crippen molar-refractivity contribution in [3.8, 4) is 0 Å². The lowest BCUT2D eigenvalue weighted by molar-refractivity contribution is 0.0870. The predicted molar refractivity (Wildman–Crippen MR) is 66.3 cm³/mol. The summed E-state index contributed by atoms with van der Waals surface area (Å²) in [5.41, 5.74) is 4.81. The van der Waals surface area contributed by atoms with Crippen LogP contribution in [-0.4, -0.2) is 28.8 Å². The molecule has 0 bridgehead atoms. The lowest BCUT2D eigenvalue weighted by Crippen LogP contribution is -2.33. The Labute approximate surface area is 98.6 Å². The summed E-state index contributed by atoms with van der Waals surface area (Å²) in [4.78, 5) is 24.9. The zero-order chi connectivity index (χ0) is 13.0. The molecule has 0 aromatic carbocycles. The summed E-state index contributed by atoms with van der Waals surface area (Å²) in [7, 11) is 1.49. The van der Waals surface area contributed by atoms with Crippen LogP contribution in [-0.2, 0) is 11.8 Å². The lowest BCUT2D eigenvalue weighted by atomic mass is 10.4. The Kier molecular flexibility index (Phi) is 4.33. The van der Waals surface area contributed by atoms with Gasteiger partial charge in [0, 0.05) is 13.6 Å². The van der Waals surface area contributed by atoms with Crippen LogP contribution in [0.2, 0.25) is 0 Å². The number of ether oxygens (including phenoxy) is 1. The first-order chi connectivity index (χ1) is 7.93. The van der Waals surface area contributed by atoms with Crippen LogP contribution in [0.15, 0.2) is 9.59 Å². The van der Waals surface area contributed by atoms with Crippen molar-refractivity contribution in [1.82, 2.24) is 9.55 Å².